The van der Waals surface area contributed by atoms with Crippen molar-refractivity contribution in [1.29, 1.82) is 0 Å². The third kappa shape index (κ3) is 49.8. The van der Waals surface area contributed by atoms with Crippen molar-refractivity contribution >= 4 is 11.9 Å². The third-order valence-corrected chi connectivity index (χ3v) is 13.2. The average Bonchev–Trinajstić information content (AvgIpc) is 3.29. The van der Waals surface area contributed by atoms with Crippen LogP contribution in [0.4, 0.5) is 0 Å². The summed E-state index contributed by atoms with van der Waals surface area (Å²) in [6.07, 6.45) is 64.5. The summed E-state index contributed by atoms with van der Waals surface area (Å²) in [4.78, 5) is 24.5. The molecule has 0 heterocycles. The highest BCUT2D eigenvalue weighted by Gasteiger charge is 2.20. The number of nitrogens with one attached hydrogen (secondary N) is 1. The summed E-state index contributed by atoms with van der Waals surface area (Å²) in [5, 5.41) is 23.3. The Hall–Kier alpha value is -1.66. The van der Waals surface area contributed by atoms with Gasteiger partial charge in [0.25, 0.3) is 0 Å². The molecular formula is C58H111NO5. The highest BCUT2D eigenvalue weighted by Crippen LogP contribution is 2.17. The van der Waals surface area contributed by atoms with E-state index in [2.05, 4.69) is 43.5 Å². The van der Waals surface area contributed by atoms with Crippen molar-refractivity contribution < 1.29 is 24.5 Å². The van der Waals surface area contributed by atoms with Crippen molar-refractivity contribution in [2.24, 2.45) is 0 Å². The molecule has 0 radical (unpaired) electrons. The van der Waals surface area contributed by atoms with Gasteiger partial charge in [-0.05, 0) is 77.0 Å². The zero-order chi connectivity index (χ0) is 46.5. The van der Waals surface area contributed by atoms with Crippen molar-refractivity contribution in [3.05, 3.63) is 24.3 Å². The summed E-state index contributed by atoms with van der Waals surface area (Å²) < 4.78 is 5.46. The molecule has 0 aliphatic rings. The first kappa shape index (κ1) is 62.3. The van der Waals surface area contributed by atoms with Crippen LogP contribution in [0.1, 0.15) is 309 Å². The lowest BCUT2D eigenvalue weighted by atomic mass is 10.0. The minimum atomic E-state index is -0.683. The number of ether oxygens (including phenoxy) is 1. The lowest BCUT2D eigenvalue weighted by Gasteiger charge is -2.22. The third-order valence-electron chi connectivity index (χ3n) is 13.2. The van der Waals surface area contributed by atoms with Gasteiger partial charge in [0.05, 0.1) is 25.4 Å². The van der Waals surface area contributed by atoms with Gasteiger partial charge >= 0.3 is 5.97 Å². The van der Waals surface area contributed by atoms with E-state index in [0.29, 0.717) is 25.9 Å². The number of hydrogen-bond acceptors (Lipinski definition) is 5. The van der Waals surface area contributed by atoms with Gasteiger partial charge in [-0.15, -0.1) is 0 Å². The molecule has 0 saturated heterocycles. The molecule has 0 fully saturated rings. The molecule has 0 saturated carbocycles. The molecule has 1 amide bonds. The molecule has 378 valence electrons. The molecule has 2 unspecified atom stereocenters. The van der Waals surface area contributed by atoms with Gasteiger partial charge < -0.3 is 20.3 Å². The molecule has 0 aromatic heterocycles. The van der Waals surface area contributed by atoms with E-state index in [4.69, 9.17) is 4.74 Å². The van der Waals surface area contributed by atoms with E-state index in [0.717, 1.165) is 83.5 Å². The van der Waals surface area contributed by atoms with Crippen molar-refractivity contribution in [2.45, 2.75) is 321 Å². The van der Waals surface area contributed by atoms with Gasteiger partial charge in [0, 0.05) is 12.8 Å². The molecule has 6 nitrogen and oxygen atoms in total. The number of carbonyl (C=O) groups excluding carboxylic acids is 2. The summed E-state index contributed by atoms with van der Waals surface area (Å²) in [7, 11) is 0. The second-order valence-electron chi connectivity index (χ2n) is 19.6. The Kier molecular flexibility index (Phi) is 52.6. The molecule has 0 spiro atoms. The monoisotopic (exact) mass is 902 g/mol. The number of rotatable bonds is 53. The fourth-order valence-corrected chi connectivity index (χ4v) is 8.81. The Labute approximate surface area is 399 Å². The maximum Gasteiger partial charge on any atom is 0.305 e. The van der Waals surface area contributed by atoms with Crippen molar-refractivity contribution in [3.63, 3.8) is 0 Å². The number of hydrogen-bond donors (Lipinski definition) is 3. The molecule has 6 heteroatoms. The highest BCUT2D eigenvalue weighted by molar-refractivity contribution is 5.76. The quantitative estimate of drug-likeness (QED) is 0.0321. The van der Waals surface area contributed by atoms with Crippen LogP contribution in [0.2, 0.25) is 0 Å². The van der Waals surface area contributed by atoms with Crippen LogP contribution in [0.5, 0.6) is 0 Å². The van der Waals surface area contributed by atoms with Gasteiger partial charge in [0.15, 0.2) is 0 Å². The number of amides is 1. The number of aliphatic hydroxyl groups is 2. The van der Waals surface area contributed by atoms with Crippen LogP contribution in [0, 0.1) is 0 Å². The van der Waals surface area contributed by atoms with Crippen molar-refractivity contribution in [1.82, 2.24) is 5.32 Å². The zero-order valence-corrected chi connectivity index (χ0v) is 43.0. The lowest BCUT2D eigenvalue weighted by molar-refractivity contribution is -0.143. The zero-order valence-electron chi connectivity index (χ0n) is 43.0. The van der Waals surface area contributed by atoms with Crippen LogP contribution in [0.3, 0.4) is 0 Å². The molecule has 0 aromatic rings. The lowest BCUT2D eigenvalue weighted by Crippen LogP contribution is -2.45. The second-order valence-corrected chi connectivity index (χ2v) is 19.6. The first-order chi connectivity index (χ1) is 31.5. The predicted octanol–water partition coefficient (Wildman–Crippen LogP) is 17.5. The van der Waals surface area contributed by atoms with E-state index in [1.807, 2.05) is 0 Å². The molecule has 0 aliphatic heterocycles. The maximum absolute atomic E-state index is 12.5. The van der Waals surface area contributed by atoms with Crippen LogP contribution in [-0.4, -0.2) is 47.4 Å². The van der Waals surface area contributed by atoms with Gasteiger partial charge in [-0.3, -0.25) is 9.59 Å². The summed E-state index contributed by atoms with van der Waals surface area (Å²) >= 11 is 0. The van der Waals surface area contributed by atoms with Gasteiger partial charge in [0.2, 0.25) is 5.91 Å². The van der Waals surface area contributed by atoms with Crippen molar-refractivity contribution in [2.75, 3.05) is 13.2 Å². The molecular weight excluding hydrogens is 791 g/mol. The normalized spacial score (nSPS) is 12.8. The van der Waals surface area contributed by atoms with Gasteiger partial charge in [-0.2, -0.15) is 0 Å². The highest BCUT2D eigenvalue weighted by atomic mass is 16.5. The number of esters is 1. The SMILES string of the molecule is CCCCCCCC/C=C\CCCCCCCCCCCC(=O)OCCCC/C=C\CCCCCCCC(=O)NC(CO)C(O)CCCCCCCCCCCCCCCCCCC. The van der Waals surface area contributed by atoms with Gasteiger partial charge in [0.1, 0.15) is 0 Å². The molecule has 3 N–H and O–H groups in total. The minimum absolute atomic E-state index is 0.0311. The minimum Gasteiger partial charge on any atom is -0.466 e. The van der Waals surface area contributed by atoms with E-state index in [9.17, 15) is 19.8 Å². The van der Waals surface area contributed by atoms with Crippen LogP contribution in [0.25, 0.3) is 0 Å². The number of carbonyl (C=O) groups is 2. The van der Waals surface area contributed by atoms with Crippen LogP contribution < -0.4 is 5.32 Å². The standard InChI is InChI=1S/C58H111NO5/c1-3-5-7-9-11-13-15-17-19-21-22-24-26-28-32-36-40-44-48-52-58(63)64-53-49-45-41-37-33-29-31-35-39-43-47-51-57(62)59-55(54-60)56(61)50-46-42-38-34-30-27-25-23-20-18-16-14-12-10-8-6-4-2/h17,19,33,37,55-56,60-61H,3-16,18,20-32,34-36,38-54H2,1-2H3,(H,59,62)/b19-17-,37-33-. The smallest absolute Gasteiger partial charge is 0.305 e. The Bertz CT molecular complexity index is 997. The summed E-state index contributed by atoms with van der Waals surface area (Å²) in [5.74, 6) is -0.0934. The fourth-order valence-electron chi connectivity index (χ4n) is 8.81. The predicted molar refractivity (Wildman–Crippen MR) is 278 cm³/mol. The first-order valence-corrected chi connectivity index (χ1v) is 28.6. The van der Waals surface area contributed by atoms with Gasteiger partial charge in [-0.25, -0.2) is 0 Å². The average molecular weight is 903 g/mol. The number of aliphatic hydroxyl groups excluding tert-OH is 2. The van der Waals surface area contributed by atoms with E-state index < -0.39 is 12.1 Å². The fraction of sp³-hybridized carbons (Fsp3) is 0.897. The van der Waals surface area contributed by atoms with E-state index in [1.165, 1.54) is 193 Å². The summed E-state index contributed by atoms with van der Waals surface area (Å²) in [5.41, 5.74) is 0. The van der Waals surface area contributed by atoms with Crippen LogP contribution in [-0.2, 0) is 14.3 Å². The summed E-state index contributed by atoms with van der Waals surface area (Å²) in [6, 6.07) is -0.563. The Morgan fingerprint density at radius 1 is 0.422 bits per heavy atom. The van der Waals surface area contributed by atoms with Crippen LogP contribution in [0.15, 0.2) is 24.3 Å². The first-order valence-electron chi connectivity index (χ1n) is 28.6. The van der Waals surface area contributed by atoms with E-state index >= 15 is 0 Å². The molecule has 0 rings (SSSR count). The Balaban J connectivity index is 3.49. The Morgan fingerprint density at radius 3 is 1.11 bits per heavy atom. The van der Waals surface area contributed by atoms with E-state index in [-0.39, 0.29) is 18.5 Å². The topological polar surface area (TPSA) is 95.9 Å². The molecule has 0 aliphatic carbocycles. The molecule has 64 heavy (non-hydrogen) atoms. The van der Waals surface area contributed by atoms with Crippen LogP contribution >= 0.6 is 0 Å². The second kappa shape index (κ2) is 54.0. The van der Waals surface area contributed by atoms with Crippen molar-refractivity contribution in [3.8, 4) is 0 Å². The van der Waals surface area contributed by atoms with E-state index in [1.54, 1.807) is 0 Å². The molecule has 0 aromatic carbocycles. The largest absolute Gasteiger partial charge is 0.466 e. The molecule has 0 bridgehead atoms. The Morgan fingerprint density at radius 2 is 0.734 bits per heavy atom. The molecule has 2 atom stereocenters. The van der Waals surface area contributed by atoms with Gasteiger partial charge in [-0.1, -0.05) is 244 Å². The maximum atomic E-state index is 12.5. The number of unbranched alkanes of at least 4 members (excludes halogenated alkanes) is 38. The summed E-state index contributed by atoms with van der Waals surface area (Å²) in [6.45, 7) is 4.89. The number of allylic oxidation sites excluding steroid dienone is 4.